The highest BCUT2D eigenvalue weighted by Gasteiger charge is 2.36. The first kappa shape index (κ1) is 11.1. The van der Waals surface area contributed by atoms with Crippen molar-refractivity contribution in [1.82, 2.24) is 5.32 Å². The van der Waals surface area contributed by atoms with E-state index in [0.717, 1.165) is 0 Å². The molecule has 2 atom stereocenters. The van der Waals surface area contributed by atoms with Crippen LogP contribution in [0.1, 0.15) is 6.42 Å². The number of rotatable bonds is 4. The molecule has 0 aromatic heterocycles. The maximum absolute atomic E-state index is 5.97. The van der Waals surface area contributed by atoms with Gasteiger partial charge in [-0.2, -0.15) is 0 Å². The van der Waals surface area contributed by atoms with Crippen LogP contribution in [0.4, 0.5) is 0 Å². The predicted molar refractivity (Wildman–Crippen MR) is 62.9 cm³/mol. The van der Waals surface area contributed by atoms with Gasteiger partial charge in [0.25, 0.3) is 0 Å². The molecule has 0 aliphatic heterocycles. The van der Waals surface area contributed by atoms with Crippen molar-refractivity contribution >= 4 is 23.2 Å². The molecule has 2 unspecified atom stereocenters. The lowest BCUT2D eigenvalue weighted by molar-refractivity contribution is 0.295. The summed E-state index contributed by atoms with van der Waals surface area (Å²) in [5.41, 5.74) is 0. The van der Waals surface area contributed by atoms with Crippen molar-refractivity contribution in [2.45, 2.75) is 12.5 Å². The molecule has 15 heavy (non-hydrogen) atoms. The molecule has 1 aliphatic carbocycles. The van der Waals surface area contributed by atoms with Gasteiger partial charge >= 0.3 is 0 Å². The molecule has 0 heterocycles. The molecule has 1 N–H and O–H groups in total. The summed E-state index contributed by atoms with van der Waals surface area (Å²) in [4.78, 5) is 0. The van der Waals surface area contributed by atoms with Crippen molar-refractivity contribution in [2.75, 3.05) is 13.7 Å². The van der Waals surface area contributed by atoms with E-state index in [2.05, 4.69) is 5.32 Å². The van der Waals surface area contributed by atoms with Gasteiger partial charge in [0.1, 0.15) is 5.75 Å². The zero-order chi connectivity index (χ0) is 10.8. The maximum atomic E-state index is 5.97. The van der Waals surface area contributed by atoms with E-state index in [1.165, 1.54) is 6.42 Å². The second-order valence-electron chi connectivity index (χ2n) is 3.78. The van der Waals surface area contributed by atoms with Crippen molar-refractivity contribution in [3.05, 3.63) is 28.2 Å². The largest absolute Gasteiger partial charge is 0.492 e. The van der Waals surface area contributed by atoms with Gasteiger partial charge < -0.3 is 10.1 Å². The second-order valence-corrected chi connectivity index (χ2v) is 4.62. The normalized spacial score (nSPS) is 23.9. The Morgan fingerprint density at radius 2 is 2.27 bits per heavy atom. The SMILES string of the molecule is CNC1CC1COc1cc(Cl)ccc1Cl. The van der Waals surface area contributed by atoms with Gasteiger partial charge in [0.15, 0.2) is 0 Å². The van der Waals surface area contributed by atoms with E-state index >= 15 is 0 Å². The summed E-state index contributed by atoms with van der Waals surface area (Å²) in [6.07, 6.45) is 1.18. The van der Waals surface area contributed by atoms with Crippen molar-refractivity contribution < 1.29 is 4.74 Å². The third kappa shape index (κ3) is 2.77. The van der Waals surface area contributed by atoms with Crippen LogP contribution >= 0.6 is 23.2 Å². The van der Waals surface area contributed by atoms with Gasteiger partial charge in [-0.05, 0) is 25.6 Å². The average Bonchev–Trinajstić information content (AvgIpc) is 2.98. The van der Waals surface area contributed by atoms with E-state index in [4.69, 9.17) is 27.9 Å². The number of benzene rings is 1. The van der Waals surface area contributed by atoms with Crippen LogP contribution in [0.25, 0.3) is 0 Å². The molecule has 0 bridgehead atoms. The van der Waals surface area contributed by atoms with E-state index in [1.807, 2.05) is 7.05 Å². The highest BCUT2D eigenvalue weighted by atomic mass is 35.5. The standard InChI is InChI=1S/C11H13Cl2NO/c1-14-10-4-7(10)6-15-11-5-8(12)2-3-9(11)13/h2-3,5,7,10,14H,4,6H2,1H3. The lowest BCUT2D eigenvalue weighted by atomic mass is 10.3. The Morgan fingerprint density at radius 3 is 2.93 bits per heavy atom. The van der Waals surface area contributed by atoms with Crippen LogP contribution in [-0.2, 0) is 0 Å². The molecule has 2 nitrogen and oxygen atoms in total. The quantitative estimate of drug-likeness (QED) is 0.881. The Balaban J connectivity index is 1.91. The van der Waals surface area contributed by atoms with Crippen LogP contribution in [0.5, 0.6) is 5.75 Å². The minimum atomic E-state index is 0.600. The van der Waals surface area contributed by atoms with Gasteiger partial charge in [0, 0.05) is 23.0 Å². The van der Waals surface area contributed by atoms with E-state index in [1.54, 1.807) is 18.2 Å². The van der Waals surface area contributed by atoms with Crippen molar-refractivity contribution in [1.29, 1.82) is 0 Å². The summed E-state index contributed by atoms with van der Waals surface area (Å²) in [7, 11) is 1.97. The van der Waals surface area contributed by atoms with Crippen molar-refractivity contribution in [3.63, 3.8) is 0 Å². The lowest BCUT2D eigenvalue weighted by Gasteiger charge is -2.07. The van der Waals surface area contributed by atoms with E-state index in [-0.39, 0.29) is 0 Å². The summed E-state index contributed by atoms with van der Waals surface area (Å²) >= 11 is 11.8. The maximum Gasteiger partial charge on any atom is 0.139 e. The van der Waals surface area contributed by atoms with Gasteiger partial charge in [-0.25, -0.2) is 0 Å². The van der Waals surface area contributed by atoms with Crippen LogP contribution in [0, 0.1) is 5.92 Å². The molecule has 2 rings (SSSR count). The summed E-state index contributed by atoms with van der Waals surface area (Å²) < 4.78 is 5.62. The lowest BCUT2D eigenvalue weighted by Crippen LogP contribution is -2.14. The fourth-order valence-electron chi connectivity index (χ4n) is 1.57. The number of hydrogen-bond donors (Lipinski definition) is 1. The number of halogens is 2. The molecule has 0 radical (unpaired) electrons. The van der Waals surface area contributed by atoms with Gasteiger partial charge in [-0.3, -0.25) is 0 Å². The Labute approximate surface area is 99.5 Å². The molecule has 82 valence electrons. The molecule has 1 aromatic carbocycles. The predicted octanol–water partition coefficient (Wildman–Crippen LogP) is 2.98. The highest BCUT2D eigenvalue weighted by Crippen LogP contribution is 2.33. The Bertz CT molecular complexity index is 356. The Hall–Kier alpha value is -0.440. The van der Waals surface area contributed by atoms with Gasteiger partial charge in [-0.1, -0.05) is 23.2 Å². The fraction of sp³-hybridized carbons (Fsp3) is 0.455. The summed E-state index contributed by atoms with van der Waals surface area (Å²) in [6, 6.07) is 5.86. The monoisotopic (exact) mass is 245 g/mol. The molecule has 1 fully saturated rings. The topological polar surface area (TPSA) is 21.3 Å². The first-order valence-electron chi connectivity index (χ1n) is 4.96. The fourth-order valence-corrected chi connectivity index (χ4v) is 1.90. The third-order valence-electron chi connectivity index (χ3n) is 2.64. The van der Waals surface area contributed by atoms with E-state index < -0.39 is 0 Å². The molecular weight excluding hydrogens is 233 g/mol. The molecule has 0 saturated heterocycles. The van der Waals surface area contributed by atoms with Crippen molar-refractivity contribution in [2.24, 2.45) is 5.92 Å². The van der Waals surface area contributed by atoms with Crippen LogP contribution < -0.4 is 10.1 Å². The molecule has 1 aliphatic rings. The zero-order valence-corrected chi connectivity index (χ0v) is 9.98. The van der Waals surface area contributed by atoms with Crippen LogP contribution in [0.3, 0.4) is 0 Å². The average molecular weight is 246 g/mol. The van der Waals surface area contributed by atoms with Crippen LogP contribution in [0.15, 0.2) is 18.2 Å². The third-order valence-corrected chi connectivity index (χ3v) is 3.19. The van der Waals surface area contributed by atoms with Gasteiger partial charge in [-0.15, -0.1) is 0 Å². The molecule has 0 amide bonds. The molecule has 1 aromatic rings. The van der Waals surface area contributed by atoms with Gasteiger partial charge in [0.05, 0.1) is 11.6 Å². The first-order valence-corrected chi connectivity index (χ1v) is 5.71. The zero-order valence-electron chi connectivity index (χ0n) is 8.47. The summed E-state index contributed by atoms with van der Waals surface area (Å²) in [5, 5.41) is 4.47. The van der Waals surface area contributed by atoms with Crippen molar-refractivity contribution in [3.8, 4) is 5.75 Å². The highest BCUT2D eigenvalue weighted by molar-refractivity contribution is 6.34. The number of nitrogens with one attached hydrogen (secondary N) is 1. The second kappa shape index (κ2) is 4.60. The molecular formula is C11H13Cl2NO. The molecule has 4 heteroatoms. The minimum absolute atomic E-state index is 0.600. The van der Waals surface area contributed by atoms with Crippen LogP contribution in [-0.4, -0.2) is 19.7 Å². The Kier molecular flexibility index (Phi) is 3.39. The Morgan fingerprint density at radius 1 is 1.47 bits per heavy atom. The van der Waals surface area contributed by atoms with E-state index in [0.29, 0.717) is 34.4 Å². The van der Waals surface area contributed by atoms with Crippen LogP contribution in [0.2, 0.25) is 10.0 Å². The smallest absolute Gasteiger partial charge is 0.139 e. The summed E-state index contributed by atoms with van der Waals surface area (Å²) in [6.45, 7) is 0.700. The van der Waals surface area contributed by atoms with Gasteiger partial charge in [0.2, 0.25) is 0 Å². The molecule has 0 spiro atoms. The number of ether oxygens (including phenoxy) is 1. The number of hydrogen-bond acceptors (Lipinski definition) is 2. The molecule has 1 saturated carbocycles. The summed E-state index contributed by atoms with van der Waals surface area (Å²) in [5.74, 6) is 1.27. The van der Waals surface area contributed by atoms with E-state index in [9.17, 15) is 0 Å². The first-order chi connectivity index (χ1) is 7.20. The minimum Gasteiger partial charge on any atom is -0.492 e.